The third kappa shape index (κ3) is 4.41. The molecule has 3 aromatic carbocycles. The van der Waals surface area contributed by atoms with E-state index in [9.17, 15) is 13.5 Å². The third-order valence-electron chi connectivity index (χ3n) is 6.75. The van der Waals surface area contributed by atoms with Gasteiger partial charge in [0.2, 0.25) is 10.0 Å². The van der Waals surface area contributed by atoms with Gasteiger partial charge in [-0.05, 0) is 79.6 Å². The van der Waals surface area contributed by atoms with Crippen molar-refractivity contribution in [2.45, 2.75) is 55.2 Å². The van der Waals surface area contributed by atoms with E-state index < -0.39 is 22.2 Å². The summed E-state index contributed by atoms with van der Waals surface area (Å²) in [7, 11) is -3.78. The smallest absolute Gasteiger partial charge is 0.240 e. The lowest BCUT2D eigenvalue weighted by Gasteiger charge is -2.43. The number of hydrogen-bond acceptors (Lipinski definition) is 4. The molecule has 0 unspecified atom stereocenters. The molecule has 1 heterocycles. The number of aliphatic hydroxyl groups is 1. The zero-order chi connectivity index (χ0) is 23.0. The van der Waals surface area contributed by atoms with Crippen LogP contribution in [0.15, 0.2) is 77.7 Å². The molecule has 1 aliphatic carbocycles. The summed E-state index contributed by atoms with van der Waals surface area (Å²) in [4.78, 5) is 2.39. The average molecular weight is 483 g/mol. The third-order valence-corrected chi connectivity index (χ3v) is 8.51. The second-order valence-corrected chi connectivity index (χ2v) is 10.9. The normalized spacial score (nSPS) is 22.8. The number of nitrogens with one attached hydrogen (secondary N) is 1. The first kappa shape index (κ1) is 22.4. The fraction of sp³-hybridized carbons (Fsp3) is 0.308. The van der Waals surface area contributed by atoms with Gasteiger partial charge in [-0.3, -0.25) is 0 Å². The van der Waals surface area contributed by atoms with Crippen LogP contribution in [0.5, 0.6) is 0 Å². The molecule has 2 aliphatic rings. The number of halogens is 1. The van der Waals surface area contributed by atoms with Gasteiger partial charge in [0.25, 0.3) is 0 Å². The van der Waals surface area contributed by atoms with E-state index in [1.54, 1.807) is 12.1 Å². The molecular weight excluding hydrogens is 456 g/mol. The summed E-state index contributed by atoms with van der Waals surface area (Å²) in [5, 5.41) is 12.0. The molecule has 2 N–H and O–H groups in total. The number of aliphatic hydroxyl groups excluding tert-OH is 1. The van der Waals surface area contributed by atoms with Gasteiger partial charge in [-0.15, -0.1) is 0 Å². The van der Waals surface area contributed by atoms with Crippen LogP contribution in [0.2, 0.25) is 5.02 Å². The Hall–Kier alpha value is -2.38. The number of fused-ring (bicyclic) bond motifs is 2. The Labute approximate surface area is 200 Å². The van der Waals surface area contributed by atoms with E-state index in [2.05, 4.69) is 33.9 Å². The molecule has 0 saturated heterocycles. The van der Waals surface area contributed by atoms with Crippen LogP contribution < -0.4 is 9.62 Å². The Kier molecular flexibility index (Phi) is 6.18. The quantitative estimate of drug-likeness (QED) is 0.558. The van der Waals surface area contributed by atoms with Gasteiger partial charge in [0.05, 0.1) is 23.1 Å². The van der Waals surface area contributed by atoms with E-state index in [4.69, 9.17) is 11.6 Å². The van der Waals surface area contributed by atoms with Crippen LogP contribution in [0.25, 0.3) is 0 Å². The Bertz CT molecular complexity index is 1200. The van der Waals surface area contributed by atoms with Gasteiger partial charge in [0.1, 0.15) is 0 Å². The Morgan fingerprint density at radius 1 is 0.848 bits per heavy atom. The lowest BCUT2D eigenvalue weighted by Crippen LogP contribution is -2.55. The second-order valence-electron chi connectivity index (χ2n) is 8.80. The molecule has 172 valence electrons. The van der Waals surface area contributed by atoms with E-state index in [0.29, 0.717) is 11.4 Å². The summed E-state index contributed by atoms with van der Waals surface area (Å²) in [6.07, 6.45) is 3.18. The van der Waals surface area contributed by atoms with Crippen LogP contribution in [-0.4, -0.2) is 31.7 Å². The summed E-state index contributed by atoms with van der Waals surface area (Å²) in [5.74, 6) is 0. The van der Waals surface area contributed by atoms with Crippen molar-refractivity contribution < 1.29 is 13.5 Å². The van der Waals surface area contributed by atoms with Crippen LogP contribution >= 0.6 is 11.6 Å². The predicted octanol–water partition coefficient (Wildman–Crippen LogP) is 4.84. The highest BCUT2D eigenvalue weighted by Crippen LogP contribution is 2.41. The maximum absolute atomic E-state index is 13.0. The Morgan fingerprint density at radius 2 is 1.42 bits per heavy atom. The molecule has 0 radical (unpaired) electrons. The minimum absolute atomic E-state index is 0.145. The first-order valence-electron chi connectivity index (χ1n) is 11.3. The minimum Gasteiger partial charge on any atom is -0.389 e. The van der Waals surface area contributed by atoms with E-state index in [1.807, 2.05) is 24.3 Å². The molecule has 0 aromatic heterocycles. The van der Waals surface area contributed by atoms with Crippen LogP contribution in [0.1, 0.15) is 30.4 Å². The molecule has 33 heavy (non-hydrogen) atoms. The maximum Gasteiger partial charge on any atom is 0.240 e. The van der Waals surface area contributed by atoms with Crippen molar-refractivity contribution >= 4 is 33.0 Å². The monoisotopic (exact) mass is 482 g/mol. The van der Waals surface area contributed by atoms with Crippen molar-refractivity contribution in [1.29, 1.82) is 0 Å². The Morgan fingerprint density at radius 3 is 2.03 bits per heavy atom. The first-order chi connectivity index (χ1) is 15.9. The second kappa shape index (κ2) is 9.11. The molecule has 0 spiro atoms. The highest BCUT2D eigenvalue weighted by molar-refractivity contribution is 7.89. The molecule has 0 bridgehead atoms. The van der Waals surface area contributed by atoms with Crippen molar-refractivity contribution in [1.82, 2.24) is 4.72 Å². The van der Waals surface area contributed by atoms with Gasteiger partial charge in [0, 0.05) is 16.4 Å². The summed E-state index contributed by atoms with van der Waals surface area (Å²) in [6.45, 7) is 0. The molecule has 3 aromatic rings. The molecule has 1 fully saturated rings. The maximum atomic E-state index is 13.0. The zero-order valence-electron chi connectivity index (χ0n) is 18.2. The summed E-state index contributed by atoms with van der Waals surface area (Å²) < 4.78 is 28.8. The van der Waals surface area contributed by atoms with Gasteiger partial charge >= 0.3 is 0 Å². The van der Waals surface area contributed by atoms with Crippen molar-refractivity contribution in [3.8, 4) is 0 Å². The van der Waals surface area contributed by atoms with Crippen molar-refractivity contribution in [2.24, 2.45) is 0 Å². The molecule has 0 amide bonds. The summed E-state index contributed by atoms with van der Waals surface area (Å²) in [6, 6.07) is 21.9. The number of benzene rings is 3. The average Bonchev–Trinajstić information content (AvgIpc) is 2.98. The SMILES string of the molecule is O=S(=O)(N[C@@H]1CCC[C@H](N2c3ccccc3CCc3ccccc32)[C@H]1O)c1ccc(Cl)cc1. The number of hydrogen-bond donors (Lipinski definition) is 2. The Balaban J connectivity index is 1.48. The van der Waals surface area contributed by atoms with Gasteiger partial charge in [0.15, 0.2) is 0 Å². The van der Waals surface area contributed by atoms with Crippen molar-refractivity contribution in [3.63, 3.8) is 0 Å². The fourth-order valence-electron chi connectivity index (χ4n) is 5.12. The lowest BCUT2D eigenvalue weighted by atomic mass is 9.86. The van der Waals surface area contributed by atoms with Crippen LogP contribution in [0.3, 0.4) is 0 Å². The van der Waals surface area contributed by atoms with Gasteiger partial charge in [-0.25, -0.2) is 13.1 Å². The van der Waals surface area contributed by atoms with E-state index in [1.165, 1.54) is 23.3 Å². The van der Waals surface area contributed by atoms with Crippen LogP contribution in [0, 0.1) is 0 Å². The van der Waals surface area contributed by atoms with E-state index in [0.717, 1.165) is 37.1 Å². The van der Waals surface area contributed by atoms with Crippen LogP contribution in [-0.2, 0) is 22.9 Å². The standard InChI is InChI=1S/C26H27ClN2O3S/c27-20-14-16-21(17-15-20)33(31,32)28-22-8-5-11-25(26(22)30)29-23-9-3-1-6-18(23)12-13-19-7-2-4-10-24(19)29/h1-4,6-7,9-10,14-17,22,25-26,28,30H,5,8,11-13H2/t22-,25+,26+/m1/s1. The van der Waals surface area contributed by atoms with Crippen LogP contribution in [0.4, 0.5) is 11.4 Å². The fourth-order valence-corrected chi connectivity index (χ4v) is 6.53. The number of nitrogens with zero attached hydrogens (tertiary/aromatic N) is 1. The molecule has 5 rings (SSSR count). The molecule has 1 aliphatic heterocycles. The minimum atomic E-state index is -3.78. The van der Waals surface area contributed by atoms with E-state index >= 15 is 0 Å². The molecule has 7 heteroatoms. The van der Waals surface area contributed by atoms with Crippen molar-refractivity contribution in [2.75, 3.05) is 4.90 Å². The molecule has 3 atom stereocenters. The summed E-state index contributed by atoms with van der Waals surface area (Å²) >= 11 is 5.92. The number of anilines is 2. The molecule has 1 saturated carbocycles. The number of sulfonamides is 1. The largest absolute Gasteiger partial charge is 0.389 e. The number of aryl methyl sites for hydroxylation is 2. The van der Waals surface area contributed by atoms with Gasteiger partial charge in [-0.1, -0.05) is 48.0 Å². The topological polar surface area (TPSA) is 69.6 Å². The molecular formula is C26H27ClN2O3S. The first-order valence-corrected chi connectivity index (χ1v) is 13.2. The predicted molar refractivity (Wildman–Crippen MR) is 132 cm³/mol. The highest BCUT2D eigenvalue weighted by Gasteiger charge is 2.39. The number of rotatable bonds is 4. The van der Waals surface area contributed by atoms with Crippen molar-refractivity contribution in [3.05, 3.63) is 88.9 Å². The van der Waals surface area contributed by atoms with Gasteiger partial charge < -0.3 is 10.0 Å². The highest BCUT2D eigenvalue weighted by atomic mass is 35.5. The number of para-hydroxylation sites is 2. The van der Waals surface area contributed by atoms with E-state index in [-0.39, 0.29) is 10.9 Å². The summed E-state index contributed by atoms with van der Waals surface area (Å²) in [5.41, 5.74) is 4.66. The zero-order valence-corrected chi connectivity index (χ0v) is 19.8. The lowest BCUT2D eigenvalue weighted by molar-refractivity contribution is 0.0812. The molecule has 5 nitrogen and oxygen atoms in total. The van der Waals surface area contributed by atoms with Gasteiger partial charge in [-0.2, -0.15) is 0 Å².